The number of amides is 1. The van der Waals surface area contributed by atoms with Crippen molar-refractivity contribution in [2.24, 2.45) is 0 Å². The first-order chi connectivity index (χ1) is 13.5. The molecule has 7 heteroatoms. The minimum absolute atomic E-state index is 0.0374. The van der Waals surface area contributed by atoms with Crippen molar-refractivity contribution in [2.75, 3.05) is 20.3 Å². The number of halogens is 1. The van der Waals surface area contributed by atoms with Crippen LogP contribution in [0.5, 0.6) is 5.75 Å². The van der Waals surface area contributed by atoms with Gasteiger partial charge in [-0.1, -0.05) is 28.1 Å². The van der Waals surface area contributed by atoms with Crippen LogP contribution in [-0.2, 0) is 9.59 Å². The van der Waals surface area contributed by atoms with E-state index in [4.69, 9.17) is 4.74 Å². The fraction of sp³-hybridized carbons (Fsp3) is 0.238. The van der Waals surface area contributed by atoms with Gasteiger partial charge in [0.05, 0.1) is 18.7 Å². The molecule has 1 unspecified atom stereocenters. The third-order valence-corrected chi connectivity index (χ3v) is 5.17. The largest absolute Gasteiger partial charge is 0.507 e. The minimum Gasteiger partial charge on any atom is -0.507 e. The van der Waals surface area contributed by atoms with Crippen molar-refractivity contribution in [3.05, 3.63) is 69.7 Å². The predicted octanol–water partition coefficient (Wildman–Crippen LogP) is 3.26. The van der Waals surface area contributed by atoms with Gasteiger partial charge in [0.15, 0.2) is 0 Å². The number of ketones is 1. The molecule has 0 spiro atoms. The van der Waals surface area contributed by atoms with Crippen molar-refractivity contribution in [1.82, 2.24) is 4.90 Å². The lowest BCUT2D eigenvalue weighted by Crippen LogP contribution is -2.31. The van der Waals surface area contributed by atoms with Crippen molar-refractivity contribution >= 4 is 33.4 Å². The molecule has 3 rings (SSSR count). The van der Waals surface area contributed by atoms with Gasteiger partial charge in [-0.25, -0.2) is 0 Å². The van der Waals surface area contributed by atoms with Gasteiger partial charge in [-0.2, -0.15) is 0 Å². The Morgan fingerprint density at radius 3 is 2.32 bits per heavy atom. The number of hydrogen-bond donors (Lipinski definition) is 2. The van der Waals surface area contributed by atoms with Crippen LogP contribution in [0.25, 0.3) is 5.76 Å². The van der Waals surface area contributed by atoms with Crippen molar-refractivity contribution < 1.29 is 24.5 Å². The average Bonchev–Trinajstić information content (AvgIpc) is 2.97. The van der Waals surface area contributed by atoms with E-state index in [-0.39, 0.29) is 24.5 Å². The lowest BCUT2D eigenvalue weighted by Gasteiger charge is -2.25. The standard InChI is InChI=1S/C21H20BrNO5/c1-28-16-9-5-14(6-10-16)19(25)17-18(13-3-7-15(22)8-4-13)23(11-2-12-24)21(27)20(17)26/h3-10,18,24-25H,2,11-12H2,1H3/b19-17-. The Morgan fingerprint density at radius 1 is 1.11 bits per heavy atom. The van der Waals surface area contributed by atoms with Crippen molar-refractivity contribution in [3.8, 4) is 5.75 Å². The first kappa shape index (κ1) is 20.1. The first-order valence-electron chi connectivity index (χ1n) is 8.77. The number of likely N-dealkylation sites (tertiary alicyclic amines) is 1. The van der Waals surface area contributed by atoms with Gasteiger partial charge in [0, 0.05) is 23.2 Å². The maximum Gasteiger partial charge on any atom is 0.295 e. The van der Waals surface area contributed by atoms with Gasteiger partial charge >= 0.3 is 0 Å². The number of ether oxygens (including phenoxy) is 1. The smallest absolute Gasteiger partial charge is 0.295 e. The molecule has 1 atom stereocenters. The molecule has 0 saturated carbocycles. The van der Waals surface area contributed by atoms with E-state index in [9.17, 15) is 19.8 Å². The molecule has 1 aliphatic heterocycles. The molecule has 1 heterocycles. The van der Waals surface area contributed by atoms with E-state index in [1.165, 1.54) is 12.0 Å². The second-order valence-electron chi connectivity index (χ2n) is 6.35. The quantitative estimate of drug-likeness (QED) is 0.404. The molecule has 1 fully saturated rings. The predicted molar refractivity (Wildman–Crippen MR) is 108 cm³/mol. The summed E-state index contributed by atoms with van der Waals surface area (Å²) in [5.74, 6) is -1.04. The molecular weight excluding hydrogens is 426 g/mol. The van der Waals surface area contributed by atoms with E-state index in [1.54, 1.807) is 36.4 Å². The van der Waals surface area contributed by atoms with E-state index in [2.05, 4.69) is 15.9 Å². The zero-order valence-electron chi connectivity index (χ0n) is 15.3. The van der Waals surface area contributed by atoms with E-state index in [1.807, 2.05) is 12.1 Å². The maximum atomic E-state index is 12.8. The SMILES string of the molecule is COc1ccc(/C(O)=C2/C(=O)C(=O)N(CCCO)C2c2ccc(Br)cc2)cc1. The summed E-state index contributed by atoms with van der Waals surface area (Å²) in [6, 6.07) is 13.1. The molecule has 1 aliphatic rings. The van der Waals surface area contributed by atoms with Gasteiger partial charge in [0.2, 0.25) is 0 Å². The highest BCUT2D eigenvalue weighted by molar-refractivity contribution is 9.10. The molecule has 6 nitrogen and oxygen atoms in total. The number of nitrogens with zero attached hydrogens (tertiary/aromatic N) is 1. The van der Waals surface area contributed by atoms with Crippen LogP contribution >= 0.6 is 15.9 Å². The monoisotopic (exact) mass is 445 g/mol. The summed E-state index contributed by atoms with van der Waals surface area (Å²) >= 11 is 3.38. The topological polar surface area (TPSA) is 87.1 Å². The lowest BCUT2D eigenvalue weighted by molar-refractivity contribution is -0.140. The van der Waals surface area contributed by atoms with E-state index in [0.29, 0.717) is 23.3 Å². The fourth-order valence-corrected chi connectivity index (χ4v) is 3.51. The summed E-state index contributed by atoms with van der Waals surface area (Å²) in [6.07, 6.45) is 0.336. The highest BCUT2D eigenvalue weighted by Crippen LogP contribution is 2.39. The highest BCUT2D eigenvalue weighted by Gasteiger charge is 2.45. The first-order valence-corrected chi connectivity index (χ1v) is 9.56. The van der Waals surface area contributed by atoms with Crippen molar-refractivity contribution in [3.63, 3.8) is 0 Å². The molecule has 146 valence electrons. The van der Waals surface area contributed by atoms with E-state index < -0.39 is 17.7 Å². The number of aliphatic hydroxyl groups is 2. The molecule has 2 aromatic carbocycles. The van der Waals surface area contributed by atoms with Gasteiger partial charge in [-0.05, 0) is 48.4 Å². The van der Waals surface area contributed by atoms with Gasteiger partial charge in [0.25, 0.3) is 11.7 Å². The van der Waals surface area contributed by atoms with Crippen LogP contribution in [0.4, 0.5) is 0 Å². The molecular formula is C21H20BrNO5. The molecule has 1 saturated heterocycles. The Morgan fingerprint density at radius 2 is 1.75 bits per heavy atom. The highest BCUT2D eigenvalue weighted by atomic mass is 79.9. The number of rotatable bonds is 6. The van der Waals surface area contributed by atoms with E-state index in [0.717, 1.165) is 4.47 Å². The minimum atomic E-state index is -0.737. The Hall–Kier alpha value is -2.64. The third-order valence-electron chi connectivity index (χ3n) is 4.65. The fourth-order valence-electron chi connectivity index (χ4n) is 3.25. The summed E-state index contributed by atoms with van der Waals surface area (Å²) in [5.41, 5.74) is 1.16. The van der Waals surface area contributed by atoms with Gasteiger partial charge < -0.3 is 19.8 Å². The van der Waals surface area contributed by atoms with Crippen LogP contribution in [0, 0.1) is 0 Å². The Bertz CT molecular complexity index is 905. The molecule has 0 radical (unpaired) electrons. The van der Waals surface area contributed by atoms with Gasteiger partial charge in [-0.15, -0.1) is 0 Å². The number of Topliss-reactive ketones (excluding diaryl/α,β-unsaturated/α-hetero) is 1. The van der Waals surface area contributed by atoms with Crippen LogP contribution in [-0.4, -0.2) is 47.1 Å². The molecule has 0 aromatic heterocycles. The molecule has 2 N–H and O–H groups in total. The Labute approximate surface area is 171 Å². The van der Waals surface area contributed by atoms with Crippen LogP contribution in [0.3, 0.4) is 0 Å². The average molecular weight is 446 g/mol. The lowest BCUT2D eigenvalue weighted by atomic mass is 9.95. The normalized spacial score (nSPS) is 18.5. The van der Waals surface area contributed by atoms with Crippen molar-refractivity contribution in [1.29, 1.82) is 0 Å². The number of aliphatic hydroxyl groups excluding tert-OH is 2. The number of carbonyl (C=O) groups excluding carboxylic acids is 2. The molecule has 0 aliphatic carbocycles. The third kappa shape index (κ3) is 3.81. The zero-order valence-corrected chi connectivity index (χ0v) is 16.8. The zero-order chi connectivity index (χ0) is 20.3. The van der Waals surface area contributed by atoms with Crippen LogP contribution in [0.1, 0.15) is 23.6 Å². The summed E-state index contributed by atoms with van der Waals surface area (Å²) in [6.45, 7) is 0.107. The van der Waals surface area contributed by atoms with Crippen molar-refractivity contribution in [2.45, 2.75) is 12.5 Å². The molecule has 28 heavy (non-hydrogen) atoms. The summed E-state index contributed by atoms with van der Waals surface area (Å²) < 4.78 is 5.98. The van der Waals surface area contributed by atoms with Crippen LogP contribution in [0.2, 0.25) is 0 Å². The van der Waals surface area contributed by atoms with E-state index >= 15 is 0 Å². The molecule has 0 bridgehead atoms. The van der Waals surface area contributed by atoms with Gasteiger partial charge in [0.1, 0.15) is 11.5 Å². The van der Waals surface area contributed by atoms with Gasteiger partial charge in [-0.3, -0.25) is 9.59 Å². The number of benzene rings is 2. The van der Waals surface area contributed by atoms with Crippen LogP contribution in [0.15, 0.2) is 58.6 Å². The summed E-state index contributed by atoms with van der Waals surface area (Å²) in [7, 11) is 1.54. The van der Waals surface area contributed by atoms with Crippen LogP contribution < -0.4 is 4.74 Å². The second kappa shape index (κ2) is 8.58. The summed E-state index contributed by atoms with van der Waals surface area (Å²) in [4.78, 5) is 26.8. The second-order valence-corrected chi connectivity index (χ2v) is 7.27. The molecule has 2 aromatic rings. The molecule has 1 amide bonds. The summed E-state index contributed by atoms with van der Waals surface area (Å²) in [5, 5.41) is 20.1. The number of methoxy groups -OCH3 is 1. The Balaban J connectivity index is 2.12. The number of hydrogen-bond acceptors (Lipinski definition) is 5. The Kier molecular flexibility index (Phi) is 6.16. The number of carbonyl (C=O) groups is 2. The maximum absolute atomic E-state index is 12.8.